The van der Waals surface area contributed by atoms with E-state index in [-0.39, 0.29) is 18.7 Å². The van der Waals surface area contributed by atoms with Crippen LogP contribution in [0.3, 0.4) is 0 Å². The molecule has 0 radical (unpaired) electrons. The lowest BCUT2D eigenvalue weighted by Gasteiger charge is -2.02. The lowest BCUT2D eigenvalue weighted by molar-refractivity contribution is 0.0646. The number of benzene rings is 1. The number of fused-ring (bicyclic) bond motifs is 2. The molecule has 1 aliphatic heterocycles. The first-order chi connectivity index (χ1) is 7.29. The minimum absolute atomic E-state index is 0.0331. The smallest absolute Gasteiger partial charge is 0.231 e. The summed E-state index contributed by atoms with van der Waals surface area (Å²) < 4.78 is 15.6. The molecule has 1 unspecified atom stereocenters. The van der Waals surface area contributed by atoms with E-state index in [0.717, 1.165) is 11.3 Å². The van der Waals surface area contributed by atoms with E-state index in [1.807, 2.05) is 6.07 Å². The standard InChI is InChI=1S/C11H10O4/c1-13-10-3-6-2-8-9(15-5-14-8)4-7(6)11(10)12/h2,4,10H,3,5H2,1H3. The molecule has 1 aliphatic carbocycles. The highest BCUT2D eigenvalue weighted by Gasteiger charge is 2.32. The highest BCUT2D eigenvalue weighted by atomic mass is 16.7. The zero-order chi connectivity index (χ0) is 10.4. The van der Waals surface area contributed by atoms with Crippen molar-refractivity contribution in [2.24, 2.45) is 0 Å². The molecule has 0 fully saturated rings. The molecule has 1 atom stereocenters. The summed E-state index contributed by atoms with van der Waals surface area (Å²) in [4.78, 5) is 11.8. The van der Waals surface area contributed by atoms with Gasteiger partial charge in [-0.15, -0.1) is 0 Å². The number of ether oxygens (including phenoxy) is 3. The van der Waals surface area contributed by atoms with Crippen LogP contribution in [-0.4, -0.2) is 25.8 Å². The number of ketones is 1. The van der Waals surface area contributed by atoms with Gasteiger partial charge in [0.25, 0.3) is 0 Å². The summed E-state index contributed by atoms with van der Waals surface area (Å²) in [6.45, 7) is 0.236. The Morgan fingerprint density at radius 1 is 1.33 bits per heavy atom. The van der Waals surface area contributed by atoms with E-state index in [0.29, 0.717) is 17.7 Å². The molecular weight excluding hydrogens is 196 g/mol. The second-order valence-electron chi connectivity index (χ2n) is 3.66. The number of rotatable bonds is 1. The van der Waals surface area contributed by atoms with Gasteiger partial charge in [0.15, 0.2) is 17.3 Å². The number of carbonyl (C=O) groups excluding carboxylic acids is 1. The lowest BCUT2D eigenvalue weighted by Crippen LogP contribution is -2.17. The van der Waals surface area contributed by atoms with Crippen LogP contribution in [0.5, 0.6) is 11.5 Å². The highest BCUT2D eigenvalue weighted by Crippen LogP contribution is 2.38. The number of carbonyl (C=O) groups is 1. The quantitative estimate of drug-likeness (QED) is 0.691. The third-order valence-corrected chi connectivity index (χ3v) is 2.85. The summed E-state index contributed by atoms with van der Waals surface area (Å²) in [6, 6.07) is 3.62. The van der Waals surface area contributed by atoms with Gasteiger partial charge < -0.3 is 14.2 Å². The third-order valence-electron chi connectivity index (χ3n) is 2.85. The van der Waals surface area contributed by atoms with E-state index >= 15 is 0 Å². The van der Waals surface area contributed by atoms with Gasteiger partial charge in [0.1, 0.15) is 6.10 Å². The molecule has 78 valence electrons. The van der Waals surface area contributed by atoms with Crippen LogP contribution in [0.4, 0.5) is 0 Å². The van der Waals surface area contributed by atoms with Crippen molar-refractivity contribution in [3.05, 3.63) is 23.3 Å². The molecule has 15 heavy (non-hydrogen) atoms. The van der Waals surface area contributed by atoms with Crippen molar-refractivity contribution in [2.75, 3.05) is 13.9 Å². The number of hydrogen-bond acceptors (Lipinski definition) is 4. The van der Waals surface area contributed by atoms with Crippen molar-refractivity contribution in [3.63, 3.8) is 0 Å². The number of Topliss-reactive ketones (excluding diaryl/α,β-unsaturated/α-hetero) is 1. The largest absolute Gasteiger partial charge is 0.454 e. The van der Waals surface area contributed by atoms with Crippen molar-refractivity contribution >= 4 is 5.78 Å². The SMILES string of the molecule is COC1Cc2cc3c(cc2C1=O)OCO3. The predicted molar refractivity (Wildman–Crippen MR) is 51.4 cm³/mol. The molecule has 0 saturated heterocycles. The fraction of sp³-hybridized carbons (Fsp3) is 0.364. The fourth-order valence-corrected chi connectivity index (χ4v) is 2.04. The van der Waals surface area contributed by atoms with Crippen LogP contribution in [-0.2, 0) is 11.2 Å². The summed E-state index contributed by atoms with van der Waals surface area (Å²) >= 11 is 0. The summed E-state index contributed by atoms with van der Waals surface area (Å²) in [5.41, 5.74) is 1.68. The van der Waals surface area contributed by atoms with Gasteiger partial charge in [-0.1, -0.05) is 0 Å². The van der Waals surface area contributed by atoms with Gasteiger partial charge in [-0.05, 0) is 17.7 Å². The maximum atomic E-state index is 11.8. The Balaban J connectivity index is 2.09. The van der Waals surface area contributed by atoms with Crippen molar-refractivity contribution in [3.8, 4) is 11.5 Å². The first-order valence-electron chi connectivity index (χ1n) is 4.79. The Morgan fingerprint density at radius 2 is 2.07 bits per heavy atom. The van der Waals surface area contributed by atoms with E-state index < -0.39 is 0 Å². The van der Waals surface area contributed by atoms with E-state index in [4.69, 9.17) is 14.2 Å². The lowest BCUT2D eigenvalue weighted by atomic mass is 10.1. The first-order valence-corrected chi connectivity index (χ1v) is 4.79. The van der Waals surface area contributed by atoms with Gasteiger partial charge in [-0.2, -0.15) is 0 Å². The Kier molecular flexibility index (Phi) is 1.73. The van der Waals surface area contributed by atoms with E-state index in [1.165, 1.54) is 0 Å². The normalized spacial score (nSPS) is 21.9. The molecule has 3 rings (SSSR count). The van der Waals surface area contributed by atoms with Crippen LogP contribution < -0.4 is 9.47 Å². The van der Waals surface area contributed by atoms with Crippen LogP contribution in [0.1, 0.15) is 15.9 Å². The fourth-order valence-electron chi connectivity index (χ4n) is 2.04. The molecule has 1 aromatic rings. The van der Waals surface area contributed by atoms with Crippen molar-refractivity contribution < 1.29 is 19.0 Å². The monoisotopic (exact) mass is 206 g/mol. The van der Waals surface area contributed by atoms with Crippen LogP contribution in [0.25, 0.3) is 0 Å². The average Bonchev–Trinajstić information content (AvgIpc) is 2.80. The van der Waals surface area contributed by atoms with Crippen molar-refractivity contribution in [2.45, 2.75) is 12.5 Å². The summed E-state index contributed by atoms with van der Waals surface area (Å²) in [5, 5.41) is 0. The van der Waals surface area contributed by atoms with Gasteiger partial charge in [0.05, 0.1) is 0 Å². The van der Waals surface area contributed by atoms with E-state index in [2.05, 4.69) is 0 Å². The third kappa shape index (κ3) is 1.15. The van der Waals surface area contributed by atoms with Gasteiger partial charge >= 0.3 is 0 Å². The molecule has 0 spiro atoms. The summed E-state index contributed by atoms with van der Waals surface area (Å²) in [7, 11) is 1.55. The zero-order valence-corrected chi connectivity index (χ0v) is 8.28. The van der Waals surface area contributed by atoms with Crippen LogP contribution >= 0.6 is 0 Å². The molecule has 0 amide bonds. The summed E-state index contributed by atoms with van der Waals surface area (Å²) in [6.07, 6.45) is 0.281. The Morgan fingerprint density at radius 3 is 2.80 bits per heavy atom. The molecule has 4 nitrogen and oxygen atoms in total. The molecule has 4 heteroatoms. The molecule has 1 heterocycles. The van der Waals surface area contributed by atoms with E-state index in [1.54, 1.807) is 13.2 Å². The average molecular weight is 206 g/mol. The second-order valence-corrected chi connectivity index (χ2v) is 3.66. The number of hydrogen-bond donors (Lipinski definition) is 0. The predicted octanol–water partition coefficient (Wildman–Crippen LogP) is 1.17. The minimum Gasteiger partial charge on any atom is -0.454 e. The Bertz CT molecular complexity index is 438. The summed E-state index contributed by atoms with van der Waals surface area (Å²) in [5.74, 6) is 1.41. The molecule has 2 aliphatic rings. The molecule has 1 aromatic carbocycles. The van der Waals surface area contributed by atoms with Crippen molar-refractivity contribution in [1.82, 2.24) is 0 Å². The topological polar surface area (TPSA) is 44.8 Å². The maximum absolute atomic E-state index is 11.8. The molecule has 0 N–H and O–H groups in total. The zero-order valence-electron chi connectivity index (χ0n) is 8.28. The highest BCUT2D eigenvalue weighted by molar-refractivity contribution is 6.04. The maximum Gasteiger partial charge on any atom is 0.231 e. The second kappa shape index (κ2) is 2.97. The van der Waals surface area contributed by atoms with Gasteiger partial charge in [-0.3, -0.25) is 4.79 Å². The Labute approximate surface area is 86.7 Å². The Hall–Kier alpha value is -1.55. The molecule has 0 saturated carbocycles. The number of methoxy groups -OCH3 is 1. The molecular formula is C11H10O4. The molecule has 0 aromatic heterocycles. The first kappa shape index (κ1) is 8.73. The van der Waals surface area contributed by atoms with E-state index in [9.17, 15) is 4.79 Å². The van der Waals surface area contributed by atoms with Gasteiger partial charge in [0, 0.05) is 19.1 Å². The molecule has 0 bridgehead atoms. The van der Waals surface area contributed by atoms with Gasteiger partial charge in [0.2, 0.25) is 6.79 Å². The minimum atomic E-state index is -0.345. The van der Waals surface area contributed by atoms with Crippen LogP contribution in [0.15, 0.2) is 12.1 Å². The van der Waals surface area contributed by atoms with Gasteiger partial charge in [-0.25, -0.2) is 0 Å². The van der Waals surface area contributed by atoms with Crippen LogP contribution in [0, 0.1) is 0 Å². The van der Waals surface area contributed by atoms with Crippen molar-refractivity contribution in [1.29, 1.82) is 0 Å². The van der Waals surface area contributed by atoms with Crippen LogP contribution in [0.2, 0.25) is 0 Å².